The molecule has 3 nitrogen and oxygen atoms in total. The number of halogens is 1. The van der Waals surface area contributed by atoms with E-state index in [9.17, 15) is 0 Å². The topological polar surface area (TPSA) is 51.8 Å². The Hall–Kier alpha value is -1.26. The van der Waals surface area contributed by atoms with Crippen LogP contribution in [0.3, 0.4) is 0 Å². The first-order valence-corrected chi connectivity index (χ1v) is 6.20. The van der Waals surface area contributed by atoms with Crippen LogP contribution in [-0.2, 0) is 6.54 Å². The van der Waals surface area contributed by atoms with Gasteiger partial charge in [0.25, 0.3) is 0 Å². The number of aryl methyl sites for hydroxylation is 2. The summed E-state index contributed by atoms with van der Waals surface area (Å²) in [4.78, 5) is 8.75. The average Bonchev–Trinajstić information content (AvgIpc) is 2.31. The highest BCUT2D eigenvalue weighted by atomic mass is 79.9. The lowest BCUT2D eigenvalue weighted by atomic mass is 10.1. The molecule has 1 aromatic carbocycles. The molecular weight excluding hydrogens is 278 g/mol. The molecule has 2 aromatic rings. The summed E-state index contributed by atoms with van der Waals surface area (Å²) in [7, 11) is 0. The van der Waals surface area contributed by atoms with E-state index in [-0.39, 0.29) is 0 Å². The Morgan fingerprint density at radius 1 is 1.18 bits per heavy atom. The van der Waals surface area contributed by atoms with Crippen molar-refractivity contribution in [2.75, 3.05) is 0 Å². The van der Waals surface area contributed by atoms with Crippen LogP contribution in [0.5, 0.6) is 0 Å². The van der Waals surface area contributed by atoms with Gasteiger partial charge < -0.3 is 5.73 Å². The summed E-state index contributed by atoms with van der Waals surface area (Å²) in [6, 6.07) is 8.14. The zero-order valence-electron chi connectivity index (χ0n) is 9.87. The van der Waals surface area contributed by atoms with E-state index >= 15 is 0 Å². The number of benzene rings is 1. The summed E-state index contributed by atoms with van der Waals surface area (Å²) in [5, 5.41) is 0. The van der Waals surface area contributed by atoms with Crippen LogP contribution in [0.25, 0.3) is 11.3 Å². The van der Waals surface area contributed by atoms with Gasteiger partial charge in [0.2, 0.25) is 0 Å². The van der Waals surface area contributed by atoms with Gasteiger partial charge in [-0.25, -0.2) is 9.97 Å². The van der Waals surface area contributed by atoms with Gasteiger partial charge in [-0.05, 0) is 37.6 Å². The second-order valence-corrected chi connectivity index (χ2v) is 4.89. The SMILES string of the molecule is Cc1cc(-c2cc(Br)ccc2C)nc(CN)n1. The van der Waals surface area contributed by atoms with Gasteiger partial charge in [0, 0.05) is 15.7 Å². The van der Waals surface area contributed by atoms with E-state index in [2.05, 4.69) is 45.0 Å². The summed E-state index contributed by atoms with van der Waals surface area (Å²) in [6.07, 6.45) is 0. The van der Waals surface area contributed by atoms with Gasteiger partial charge in [0.05, 0.1) is 12.2 Å². The maximum absolute atomic E-state index is 5.60. The van der Waals surface area contributed by atoms with Crippen molar-refractivity contribution in [1.82, 2.24) is 9.97 Å². The normalized spacial score (nSPS) is 10.6. The molecule has 4 heteroatoms. The lowest BCUT2D eigenvalue weighted by molar-refractivity contribution is 0.894. The van der Waals surface area contributed by atoms with Gasteiger partial charge in [-0.2, -0.15) is 0 Å². The van der Waals surface area contributed by atoms with Gasteiger partial charge in [0.15, 0.2) is 0 Å². The first-order chi connectivity index (χ1) is 8.10. The Labute approximate surface area is 109 Å². The average molecular weight is 292 g/mol. The molecule has 17 heavy (non-hydrogen) atoms. The molecule has 0 bridgehead atoms. The van der Waals surface area contributed by atoms with Crippen molar-refractivity contribution in [3.05, 3.63) is 45.8 Å². The molecule has 1 heterocycles. The lowest BCUT2D eigenvalue weighted by Crippen LogP contribution is -2.05. The standard InChI is InChI=1S/C13H14BrN3/c1-8-3-4-10(14)6-11(8)12-5-9(2)16-13(7-15)17-12/h3-6H,7,15H2,1-2H3. The second-order valence-electron chi connectivity index (χ2n) is 3.97. The number of aromatic nitrogens is 2. The molecule has 1 aromatic heterocycles. The molecule has 0 aliphatic carbocycles. The van der Waals surface area contributed by atoms with E-state index in [4.69, 9.17) is 5.73 Å². The molecule has 2 N–H and O–H groups in total. The van der Waals surface area contributed by atoms with Crippen molar-refractivity contribution in [1.29, 1.82) is 0 Å². The smallest absolute Gasteiger partial charge is 0.142 e. The highest BCUT2D eigenvalue weighted by Gasteiger charge is 2.07. The molecule has 0 radical (unpaired) electrons. The van der Waals surface area contributed by atoms with E-state index < -0.39 is 0 Å². The van der Waals surface area contributed by atoms with Crippen LogP contribution in [0.4, 0.5) is 0 Å². The van der Waals surface area contributed by atoms with Crippen LogP contribution in [0.15, 0.2) is 28.7 Å². The number of hydrogen-bond acceptors (Lipinski definition) is 3. The Morgan fingerprint density at radius 3 is 2.65 bits per heavy atom. The fourth-order valence-corrected chi connectivity index (χ4v) is 2.09. The lowest BCUT2D eigenvalue weighted by Gasteiger charge is -2.08. The Kier molecular flexibility index (Phi) is 3.54. The number of rotatable bonds is 2. The van der Waals surface area contributed by atoms with E-state index in [1.165, 1.54) is 5.56 Å². The van der Waals surface area contributed by atoms with Crippen LogP contribution < -0.4 is 5.73 Å². The zero-order valence-corrected chi connectivity index (χ0v) is 11.5. The van der Waals surface area contributed by atoms with Gasteiger partial charge >= 0.3 is 0 Å². The van der Waals surface area contributed by atoms with Crippen molar-refractivity contribution >= 4 is 15.9 Å². The van der Waals surface area contributed by atoms with Crippen LogP contribution in [0.2, 0.25) is 0 Å². The van der Waals surface area contributed by atoms with Gasteiger partial charge in [-0.3, -0.25) is 0 Å². The predicted molar refractivity (Wildman–Crippen MR) is 72.5 cm³/mol. The van der Waals surface area contributed by atoms with Crippen LogP contribution in [-0.4, -0.2) is 9.97 Å². The highest BCUT2D eigenvalue weighted by Crippen LogP contribution is 2.25. The van der Waals surface area contributed by atoms with Gasteiger partial charge in [-0.15, -0.1) is 0 Å². The molecular formula is C13H14BrN3. The summed E-state index contributed by atoms with van der Waals surface area (Å²) in [6.45, 7) is 4.39. The molecule has 0 atom stereocenters. The van der Waals surface area contributed by atoms with Crippen molar-refractivity contribution in [3.8, 4) is 11.3 Å². The van der Waals surface area contributed by atoms with Crippen LogP contribution in [0, 0.1) is 13.8 Å². The Balaban J connectivity index is 2.59. The molecule has 0 amide bonds. The number of nitrogens with two attached hydrogens (primary N) is 1. The minimum atomic E-state index is 0.363. The van der Waals surface area contributed by atoms with E-state index in [0.717, 1.165) is 21.4 Å². The number of hydrogen-bond donors (Lipinski definition) is 1. The quantitative estimate of drug-likeness (QED) is 0.925. The molecule has 0 aliphatic rings. The zero-order chi connectivity index (χ0) is 12.4. The molecule has 2 rings (SSSR count). The van der Waals surface area contributed by atoms with Crippen molar-refractivity contribution in [2.45, 2.75) is 20.4 Å². The third kappa shape index (κ3) is 2.70. The van der Waals surface area contributed by atoms with Crippen LogP contribution in [0.1, 0.15) is 17.1 Å². The monoisotopic (exact) mass is 291 g/mol. The molecule has 0 saturated carbocycles. The largest absolute Gasteiger partial charge is 0.324 e. The fourth-order valence-electron chi connectivity index (χ4n) is 1.73. The van der Waals surface area contributed by atoms with Gasteiger partial charge in [0.1, 0.15) is 5.82 Å². The minimum absolute atomic E-state index is 0.363. The van der Waals surface area contributed by atoms with Gasteiger partial charge in [-0.1, -0.05) is 22.0 Å². The second kappa shape index (κ2) is 4.94. The molecule has 0 unspecified atom stereocenters. The predicted octanol–water partition coefficient (Wildman–Crippen LogP) is 2.98. The third-order valence-corrected chi connectivity index (χ3v) is 3.05. The number of nitrogens with zero attached hydrogens (tertiary/aromatic N) is 2. The van der Waals surface area contributed by atoms with E-state index in [0.29, 0.717) is 12.4 Å². The Morgan fingerprint density at radius 2 is 1.94 bits per heavy atom. The molecule has 0 saturated heterocycles. The summed E-state index contributed by atoms with van der Waals surface area (Å²) in [5.74, 6) is 0.680. The third-order valence-electron chi connectivity index (χ3n) is 2.56. The fraction of sp³-hybridized carbons (Fsp3) is 0.231. The van der Waals surface area contributed by atoms with Crippen molar-refractivity contribution in [3.63, 3.8) is 0 Å². The first-order valence-electron chi connectivity index (χ1n) is 5.41. The van der Waals surface area contributed by atoms with E-state index in [1.54, 1.807) is 0 Å². The molecule has 88 valence electrons. The van der Waals surface area contributed by atoms with E-state index in [1.807, 2.05) is 19.1 Å². The Bertz CT molecular complexity index is 552. The molecule has 0 fully saturated rings. The summed E-state index contributed by atoms with van der Waals surface area (Å²) in [5.41, 5.74) is 9.77. The summed E-state index contributed by atoms with van der Waals surface area (Å²) < 4.78 is 1.05. The first kappa shape index (κ1) is 12.2. The maximum atomic E-state index is 5.60. The molecule has 0 spiro atoms. The summed E-state index contributed by atoms with van der Waals surface area (Å²) >= 11 is 3.48. The minimum Gasteiger partial charge on any atom is -0.324 e. The van der Waals surface area contributed by atoms with Crippen molar-refractivity contribution in [2.24, 2.45) is 5.73 Å². The van der Waals surface area contributed by atoms with Crippen LogP contribution >= 0.6 is 15.9 Å². The maximum Gasteiger partial charge on any atom is 0.142 e. The van der Waals surface area contributed by atoms with Crippen molar-refractivity contribution < 1.29 is 0 Å². The molecule has 0 aliphatic heterocycles. The highest BCUT2D eigenvalue weighted by molar-refractivity contribution is 9.10.